The van der Waals surface area contributed by atoms with E-state index in [0.717, 1.165) is 5.75 Å². The zero-order valence-electron chi connectivity index (χ0n) is 12.3. The van der Waals surface area contributed by atoms with Crippen molar-refractivity contribution >= 4 is 5.91 Å². The minimum Gasteiger partial charge on any atom is -0.490 e. The Balaban J connectivity index is 1.87. The smallest absolute Gasteiger partial charge is 0.255 e. The second-order valence-electron chi connectivity index (χ2n) is 4.50. The molecule has 2 rings (SSSR count). The Morgan fingerprint density at radius 1 is 1.00 bits per heavy atom. The van der Waals surface area contributed by atoms with Gasteiger partial charge in [0.2, 0.25) is 0 Å². The Hall–Kier alpha value is -2.75. The van der Waals surface area contributed by atoms with Gasteiger partial charge in [0, 0.05) is 6.54 Å². The van der Waals surface area contributed by atoms with E-state index in [1.807, 2.05) is 36.4 Å². The number of carbonyl (C=O) groups excluding carboxylic acids is 1. The molecule has 114 valence electrons. The maximum absolute atomic E-state index is 12.0. The number of para-hydroxylation sites is 2. The van der Waals surface area contributed by atoms with Gasteiger partial charge in [0.15, 0.2) is 0 Å². The number of nitrogens with one attached hydrogen (secondary N) is 1. The highest BCUT2D eigenvalue weighted by atomic mass is 16.5. The van der Waals surface area contributed by atoms with E-state index in [-0.39, 0.29) is 5.91 Å². The van der Waals surface area contributed by atoms with E-state index in [2.05, 4.69) is 11.9 Å². The standard InChI is InChI=1S/C18H19NO3/c1-2-12-19-18(20)16-10-6-7-11-17(16)22-14-13-21-15-8-4-3-5-9-15/h2-11H,1,12-14H2,(H,19,20). The molecule has 0 heterocycles. The summed E-state index contributed by atoms with van der Waals surface area (Å²) in [5.74, 6) is 1.16. The molecule has 0 aliphatic carbocycles. The van der Waals surface area contributed by atoms with Crippen LogP contribution in [0.5, 0.6) is 11.5 Å². The molecule has 0 aliphatic rings. The molecule has 0 aromatic heterocycles. The summed E-state index contributed by atoms with van der Waals surface area (Å²) in [7, 11) is 0. The number of amides is 1. The average Bonchev–Trinajstić information content (AvgIpc) is 2.58. The maximum Gasteiger partial charge on any atom is 0.255 e. The van der Waals surface area contributed by atoms with Crippen LogP contribution in [0.3, 0.4) is 0 Å². The molecule has 0 bridgehead atoms. The lowest BCUT2D eigenvalue weighted by molar-refractivity contribution is 0.0952. The van der Waals surface area contributed by atoms with E-state index in [1.54, 1.807) is 24.3 Å². The summed E-state index contributed by atoms with van der Waals surface area (Å²) in [6, 6.07) is 16.7. The molecule has 4 nitrogen and oxygen atoms in total. The van der Waals surface area contributed by atoms with Gasteiger partial charge in [-0.1, -0.05) is 36.4 Å². The van der Waals surface area contributed by atoms with Gasteiger partial charge in [-0.2, -0.15) is 0 Å². The van der Waals surface area contributed by atoms with Gasteiger partial charge < -0.3 is 14.8 Å². The molecule has 0 saturated heterocycles. The molecule has 22 heavy (non-hydrogen) atoms. The van der Waals surface area contributed by atoms with Gasteiger partial charge in [-0.25, -0.2) is 0 Å². The third kappa shape index (κ3) is 4.66. The van der Waals surface area contributed by atoms with E-state index in [4.69, 9.17) is 9.47 Å². The first-order valence-electron chi connectivity index (χ1n) is 7.10. The molecule has 0 atom stereocenters. The predicted molar refractivity (Wildman–Crippen MR) is 86.4 cm³/mol. The molecule has 0 fully saturated rings. The van der Waals surface area contributed by atoms with E-state index in [1.165, 1.54) is 0 Å². The first kappa shape index (κ1) is 15.6. The average molecular weight is 297 g/mol. The monoisotopic (exact) mass is 297 g/mol. The Morgan fingerprint density at radius 3 is 2.45 bits per heavy atom. The number of ether oxygens (including phenoxy) is 2. The Bertz CT molecular complexity index is 611. The highest BCUT2D eigenvalue weighted by molar-refractivity contribution is 5.96. The summed E-state index contributed by atoms with van der Waals surface area (Å²) in [5, 5.41) is 2.74. The molecule has 0 radical (unpaired) electrons. The number of rotatable bonds is 8. The summed E-state index contributed by atoms with van der Waals surface area (Å²) in [4.78, 5) is 12.0. The van der Waals surface area contributed by atoms with Crippen molar-refractivity contribution in [1.29, 1.82) is 0 Å². The number of hydrogen-bond acceptors (Lipinski definition) is 3. The van der Waals surface area contributed by atoms with Gasteiger partial charge in [0.25, 0.3) is 5.91 Å². The lowest BCUT2D eigenvalue weighted by Crippen LogP contribution is -2.24. The fourth-order valence-electron chi connectivity index (χ4n) is 1.87. The minimum absolute atomic E-state index is 0.181. The zero-order valence-corrected chi connectivity index (χ0v) is 12.3. The fourth-order valence-corrected chi connectivity index (χ4v) is 1.87. The van der Waals surface area contributed by atoms with Gasteiger partial charge in [-0.15, -0.1) is 6.58 Å². The third-order valence-electron chi connectivity index (χ3n) is 2.89. The SMILES string of the molecule is C=CCNC(=O)c1ccccc1OCCOc1ccccc1. The van der Waals surface area contributed by atoms with E-state index in [0.29, 0.717) is 31.1 Å². The highest BCUT2D eigenvalue weighted by Crippen LogP contribution is 2.18. The van der Waals surface area contributed by atoms with E-state index in [9.17, 15) is 4.79 Å². The molecule has 1 N–H and O–H groups in total. The highest BCUT2D eigenvalue weighted by Gasteiger charge is 2.10. The summed E-state index contributed by atoms with van der Waals surface area (Å²) >= 11 is 0. The van der Waals surface area contributed by atoms with Crippen molar-refractivity contribution in [3.63, 3.8) is 0 Å². The van der Waals surface area contributed by atoms with Gasteiger partial charge in [-0.05, 0) is 24.3 Å². The topological polar surface area (TPSA) is 47.6 Å². The van der Waals surface area contributed by atoms with Gasteiger partial charge in [0.1, 0.15) is 24.7 Å². The molecular weight excluding hydrogens is 278 g/mol. The second kappa shape index (κ2) is 8.52. The Morgan fingerprint density at radius 2 is 1.68 bits per heavy atom. The largest absolute Gasteiger partial charge is 0.490 e. The third-order valence-corrected chi connectivity index (χ3v) is 2.89. The molecular formula is C18H19NO3. The quantitative estimate of drug-likeness (QED) is 0.602. The molecule has 0 unspecified atom stereocenters. The summed E-state index contributed by atoms with van der Waals surface area (Å²) in [6.45, 7) is 4.77. The van der Waals surface area contributed by atoms with Crippen LogP contribution >= 0.6 is 0 Å². The van der Waals surface area contributed by atoms with Crippen molar-refractivity contribution in [2.24, 2.45) is 0 Å². The van der Waals surface area contributed by atoms with Crippen molar-refractivity contribution in [2.45, 2.75) is 0 Å². The molecule has 0 spiro atoms. The van der Waals surface area contributed by atoms with Crippen molar-refractivity contribution in [3.05, 3.63) is 72.8 Å². The van der Waals surface area contributed by atoms with Crippen LogP contribution in [-0.2, 0) is 0 Å². The van der Waals surface area contributed by atoms with Crippen LogP contribution in [0.15, 0.2) is 67.3 Å². The van der Waals surface area contributed by atoms with Crippen LogP contribution in [0.1, 0.15) is 10.4 Å². The summed E-state index contributed by atoms with van der Waals surface area (Å²) in [6.07, 6.45) is 1.63. The Labute approximate surface area is 130 Å². The first-order valence-corrected chi connectivity index (χ1v) is 7.10. The van der Waals surface area contributed by atoms with Crippen LogP contribution in [0.4, 0.5) is 0 Å². The summed E-state index contributed by atoms with van der Waals surface area (Å²) < 4.78 is 11.2. The molecule has 0 saturated carbocycles. The van der Waals surface area contributed by atoms with Crippen LogP contribution in [0.2, 0.25) is 0 Å². The van der Waals surface area contributed by atoms with Gasteiger partial charge >= 0.3 is 0 Å². The normalized spacial score (nSPS) is 9.82. The molecule has 2 aromatic rings. The fraction of sp³-hybridized carbons (Fsp3) is 0.167. The van der Waals surface area contributed by atoms with Crippen LogP contribution in [0.25, 0.3) is 0 Å². The number of hydrogen-bond donors (Lipinski definition) is 1. The van der Waals surface area contributed by atoms with Crippen LogP contribution in [0, 0.1) is 0 Å². The predicted octanol–water partition coefficient (Wildman–Crippen LogP) is 3.06. The second-order valence-corrected chi connectivity index (χ2v) is 4.50. The maximum atomic E-state index is 12.0. The Kier molecular flexibility index (Phi) is 6.05. The first-order chi connectivity index (χ1) is 10.8. The molecule has 2 aromatic carbocycles. The lowest BCUT2D eigenvalue weighted by atomic mass is 10.2. The number of benzene rings is 2. The van der Waals surface area contributed by atoms with E-state index >= 15 is 0 Å². The van der Waals surface area contributed by atoms with E-state index < -0.39 is 0 Å². The summed E-state index contributed by atoms with van der Waals surface area (Å²) in [5.41, 5.74) is 0.504. The van der Waals surface area contributed by atoms with Crippen molar-refractivity contribution < 1.29 is 14.3 Å². The molecule has 1 amide bonds. The van der Waals surface area contributed by atoms with Crippen molar-refractivity contribution in [3.8, 4) is 11.5 Å². The zero-order chi connectivity index (χ0) is 15.6. The van der Waals surface area contributed by atoms with Crippen LogP contribution < -0.4 is 14.8 Å². The van der Waals surface area contributed by atoms with Gasteiger partial charge in [-0.3, -0.25) is 4.79 Å². The molecule has 4 heteroatoms. The lowest BCUT2D eigenvalue weighted by Gasteiger charge is -2.11. The molecule has 0 aliphatic heterocycles. The number of carbonyl (C=O) groups is 1. The van der Waals surface area contributed by atoms with Crippen LogP contribution in [-0.4, -0.2) is 25.7 Å². The van der Waals surface area contributed by atoms with Crippen molar-refractivity contribution in [2.75, 3.05) is 19.8 Å². The van der Waals surface area contributed by atoms with Gasteiger partial charge in [0.05, 0.1) is 5.56 Å². The van der Waals surface area contributed by atoms with Crippen molar-refractivity contribution in [1.82, 2.24) is 5.32 Å². The minimum atomic E-state index is -0.181.